The van der Waals surface area contributed by atoms with Crippen LogP contribution in [0.2, 0.25) is 0 Å². The Hall–Kier alpha value is -4.76. The summed E-state index contributed by atoms with van der Waals surface area (Å²) in [6.07, 6.45) is 1.51. The molecule has 1 aliphatic heterocycles. The molecule has 0 bridgehead atoms. The first-order valence-electron chi connectivity index (χ1n) is 13.2. The number of furan rings is 1. The fourth-order valence-corrected chi connectivity index (χ4v) is 5.22. The molecule has 208 valence electrons. The van der Waals surface area contributed by atoms with Gasteiger partial charge in [-0.05, 0) is 78.6 Å². The van der Waals surface area contributed by atoms with Crippen LogP contribution in [0.1, 0.15) is 36.7 Å². The Labute approximate surface area is 242 Å². The summed E-state index contributed by atoms with van der Waals surface area (Å²) in [6.45, 7) is 6.18. The van der Waals surface area contributed by atoms with Crippen molar-refractivity contribution in [1.82, 2.24) is 4.90 Å². The summed E-state index contributed by atoms with van der Waals surface area (Å²) in [5.41, 5.74) is 4.37. The van der Waals surface area contributed by atoms with E-state index in [-0.39, 0.29) is 23.2 Å². The molecule has 4 amide bonds. The smallest absolute Gasteiger partial charge is 0.323 e. The second kappa shape index (κ2) is 12.2. The molecule has 9 heteroatoms. The van der Waals surface area contributed by atoms with Crippen LogP contribution in [0.4, 0.5) is 21.9 Å². The Bertz CT molecular complexity index is 1590. The zero-order valence-electron chi connectivity index (χ0n) is 22.9. The number of rotatable bonds is 9. The number of urea groups is 1. The summed E-state index contributed by atoms with van der Waals surface area (Å²) >= 11 is 1.19. The van der Waals surface area contributed by atoms with Crippen LogP contribution in [0.3, 0.4) is 0 Å². The van der Waals surface area contributed by atoms with E-state index >= 15 is 0 Å². The number of nitrogens with zero attached hydrogens (tertiary/aromatic N) is 1. The van der Waals surface area contributed by atoms with E-state index in [2.05, 4.69) is 29.8 Å². The fraction of sp³-hybridized carbons (Fsp3) is 0.156. The zero-order chi connectivity index (χ0) is 28.9. The summed E-state index contributed by atoms with van der Waals surface area (Å²) < 4.78 is 5.39. The van der Waals surface area contributed by atoms with Gasteiger partial charge < -0.3 is 20.4 Å². The van der Waals surface area contributed by atoms with Crippen molar-refractivity contribution < 1.29 is 18.8 Å². The summed E-state index contributed by atoms with van der Waals surface area (Å²) in [5, 5.41) is 8.84. The van der Waals surface area contributed by atoms with Crippen molar-refractivity contribution in [3.63, 3.8) is 0 Å². The van der Waals surface area contributed by atoms with E-state index in [0.29, 0.717) is 23.1 Å². The molecule has 0 spiro atoms. The monoisotopic (exact) mass is 566 g/mol. The third-order valence-corrected chi connectivity index (χ3v) is 7.68. The molecule has 0 atom stereocenters. The highest BCUT2D eigenvalue weighted by atomic mass is 32.2. The lowest BCUT2D eigenvalue weighted by atomic mass is 10.0. The minimum atomic E-state index is -0.423. The van der Waals surface area contributed by atoms with Gasteiger partial charge in [-0.3, -0.25) is 14.5 Å². The number of carbonyl (C=O) groups excluding carboxylic acids is 3. The lowest BCUT2D eigenvalue weighted by Gasteiger charge is -2.14. The van der Waals surface area contributed by atoms with E-state index in [9.17, 15) is 14.4 Å². The van der Waals surface area contributed by atoms with Gasteiger partial charge in [-0.2, -0.15) is 0 Å². The third kappa shape index (κ3) is 6.53. The van der Waals surface area contributed by atoms with Crippen LogP contribution in [0.25, 0.3) is 0 Å². The van der Waals surface area contributed by atoms with Crippen molar-refractivity contribution in [3.8, 4) is 0 Å². The first kappa shape index (κ1) is 27.8. The molecule has 3 N–H and O–H groups in total. The van der Waals surface area contributed by atoms with Crippen LogP contribution in [-0.2, 0) is 16.1 Å². The molecule has 1 aliphatic rings. The lowest BCUT2D eigenvalue weighted by Crippen LogP contribution is -2.31. The number of para-hydroxylation sites is 1. The zero-order valence-corrected chi connectivity index (χ0v) is 23.7. The third-order valence-electron chi connectivity index (χ3n) is 6.59. The number of amides is 4. The maximum Gasteiger partial charge on any atom is 0.323 e. The van der Waals surface area contributed by atoms with E-state index < -0.39 is 11.8 Å². The van der Waals surface area contributed by atoms with Gasteiger partial charge in [-0.25, -0.2) is 4.79 Å². The van der Waals surface area contributed by atoms with Crippen LogP contribution < -0.4 is 16.0 Å². The Morgan fingerprint density at radius 2 is 1.56 bits per heavy atom. The number of carbonyl (C=O) groups is 3. The highest BCUT2D eigenvalue weighted by Gasteiger charge is 2.39. The molecule has 1 aromatic heterocycles. The van der Waals surface area contributed by atoms with Gasteiger partial charge in [0.1, 0.15) is 16.4 Å². The number of nitrogens with one attached hydrogen (secondary N) is 3. The minimum absolute atomic E-state index is 0.0328. The average Bonchev–Trinajstić information content (AvgIpc) is 3.55. The molecule has 41 heavy (non-hydrogen) atoms. The number of hydrogen-bond acceptors (Lipinski definition) is 6. The maximum atomic E-state index is 13.5. The lowest BCUT2D eigenvalue weighted by molar-refractivity contribution is -0.138. The van der Waals surface area contributed by atoms with E-state index in [1.807, 2.05) is 55.5 Å². The van der Waals surface area contributed by atoms with Crippen molar-refractivity contribution in [2.75, 3.05) is 16.0 Å². The Morgan fingerprint density at radius 3 is 2.22 bits per heavy atom. The molecular formula is C32H30N4O4S. The second-order valence-corrected chi connectivity index (χ2v) is 11.0. The number of aryl methyl sites for hydroxylation is 1. The van der Waals surface area contributed by atoms with E-state index in [4.69, 9.17) is 4.42 Å². The number of imide groups is 1. The molecule has 4 aromatic rings. The normalized spacial score (nSPS) is 13.2. The van der Waals surface area contributed by atoms with Crippen molar-refractivity contribution in [2.45, 2.75) is 38.1 Å². The van der Waals surface area contributed by atoms with Crippen molar-refractivity contribution in [2.24, 2.45) is 0 Å². The van der Waals surface area contributed by atoms with Gasteiger partial charge in [0, 0.05) is 22.0 Å². The van der Waals surface area contributed by atoms with Crippen molar-refractivity contribution in [3.05, 3.63) is 119 Å². The number of anilines is 3. The molecule has 0 fully saturated rings. The molecule has 0 saturated carbocycles. The minimum Gasteiger partial charge on any atom is -0.467 e. The van der Waals surface area contributed by atoms with Gasteiger partial charge in [0.15, 0.2) is 0 Å². The first-order valence-corrected chi connectivity index (χ1v) is 14.0. The molecule has 5 rings (SSSR count). The van der Waals surface area contributed by atoms with Gasteiger partial charge in [0.05, 0.1) is 12.8 Å². The predicted molar refractivity (Wildman–Crippen MR) is 162 cm³/mol. The van der Waals surface area contributed by atoms with Crippen molar-refractivity contribution >= 4 is 46.7 Å². The Kier molecular flexibility index (Phi) is 8.26. The van der Waals surface area contributed by atoms with Crippen LogP contribution in [0.5, 0.6) is 0 Å². The van der Waals surface area contributed by atoms with Crippen LogP contribution in [-0.4, -0.2) is 22.7 Å². The summed E-state index contributed by atoms with van der Waals surface area (Å²) in [6, 6.07) is 25.5. The molecule has 0 aliphatic carbocycles. The largest absolute Gasteiger partial charge is 0.467 e. The van der Waals surface area contributed by atoms with Crippen LogP contribution in [0.15, 0.2) is 111 Å². The Morgan fingerprint density at radius 1 is 0.854 bits per heavy atom. The maximum absolute atomic E-state index is 13.5. The molecule has 3 aromatic carbocycles. The number of thioether (sulfide) groups is 1. The molecule has 8 nitrogen and oxygen atoms in total. The van der Waals surface area contributed by atoms with Gasteiger partial charge >= 0.3 is 6.03 Å². The Balaban J connectivity index is 1.34. The van der Waals surface area contributed by atoms with Gasteiger partial charge in [-0.15, -0.1) is 0 Å². The van der Waals surface area contributed by atoms with Crippen molar-refractivity contribution in [1.29, 1.82) is 0 Å². The van der Waals surface area contributed by atoms with E-state index in [1.165, 1.54) is 28.5 Å². The van der Waals surface area contributed by atoms with Crippen LogP contribution in [0, 0.1) is 6.92 Å². The van der Waals surface area contributed by atoms with Gasteiger partial charge in [-0.1, -0.05) is 55.9 Å². The van der Waals surface area contributed by atoms with E-state index in [0.717, 1.165) is 16.1 Å². The quantitative estimate of drug-likeness (QED) is 0.183. The highest BCUT2D eigenvalue weighted by molar-refractivity contribution is 8.04. The summed E-state index contributed by atoms with van der Waals surface area (Å²) in [4.78, 5) is 41.6. The highest BCUT2D eigenvalue weighted by Crippen LogP contribution is 2.37. The standard InChI is InChI=1S/C32H30N4O4S/c1-20(2)22-10-12-23(13-11-22)33-28-29(31(38)36(30(28)37)19-25-8-6-18-40-25)41-26-16-14-24(15-17-26)34-32(39)35-27-9-5-4-7-21(27)3/h4-18,20,33H,19H2,1-3H3,(H2,34,35,39). The predicted octanol–water partition coefficient (Wildman–Crippen LogP) is 7.34. The fourth-order valence-electron chi connectivity index (χ4n) is 4.28. The first-order chi connectivity index (χ1) is 19.8. The van der Waals surface area contributed by atoms with Gasteiger partial charge in [0.25, 0.3) is 11.8 Å². The van der Waals surface area contributed by atoms with E-state index in [1.54, 1.807) is 36.4 Å². The number of hydrogen-bond donors (Lipinski definition) is 3. The number of benzene rings is 3. The summed E-state index contributed by atoms with van der Waals surface area (Å²) in [7, 11) is 0. The topological polar surface area (TPSA) is 104 Å². The SMILES string of the molecule is Cc1ccccc1NC(=O)Nc1ccc(SC2=C(Nc3ccc(C(C)C)cc3)C(=O)N(Cc3ccco3)C2=O)cc1. The molecular weight excluding hydrogens is 536 g/mol. The molecule has 0 radical (unpaired) electrons. The molecule has 2 heterocycles. The molecule has 0 unspecified atom stereocenters. The second-order valence-electron chi connectivity index (χ2n) is 9.90. The molecule has 0 saturated heterocycles. The average molecular weight is 567 g/mol. The van der Waals surface area contributed by atoms with Crippen LogP contribution >= 0.6 is 11.8 Å². The summed E-state index contributed by atoms with van der Waals surface area (Å²) in [5.74, 6) is 0.0577. The van der Waals surface area contributed by atoms with Gasteiger partial charge in [0.2, 0.25) is 0 Å².